The molecule has 0 spiro atoms. The van der Waals surface area contributed by atoms with Gasteiger partial charge in [-0.3, -0.25) is 4.90 Å². The van der Waals surface area contributed by atoms with Crippen LogP contribution in [0.5, 0.6) is 5.75 Å². The third-order valence-corrected chi connectivity index (χ3v) is 11.6. The second kappa shape index (κ2) is 17.3. The van der Waals surface area contributed by atoms with E-state index in [4.69, 9.17) is 10.3 Å². The van der Waals surface area contributed by atoms with Gasteiger partial charge in [0.25, 0.3) is 0 Å². The summed E-state index contributed by atoms with van der Waals surface area (Å²) in [5.41, 5.74) is 11.8. The van der Waals surface area contributed by atoms with E-state index < -0.39 is 22.0 Å². The molecule has 2 aromatic heterocycles. The predicted octanol–water partition coefficient (Wildman–Crippen LogP) is 8.15. The Hall–Kier alpha value is -5.20. The van der Waals surface area contributed by atoms with Gasteiger partial charge in [0.2, 0.25) is 0 Å². The summed E-state index contributed by atoms with van der Waals surface area (Å²) in [4.78, 5) is 29.3. The summed E-state index contributed by atoms with van der Waals surface area (Å²) in [5.74, 6) is 6.92. The van der Waals surface area contributed by atoms with Gasteiger partial charge in [-0.25, -0.2) is 19.2 Å². The minimum atomic E-state index is -1.75. The first kappa shape index (κ1) is 36.6. The van der Waals surface area contributed by atoms with Crippen molar-refractivity contribution in [1.29, 1.82) is 0 Å². The topological polar surface area (TPSA) is 165 Å². The van der Waals surface area contributed by atoms with Crippen LogP contribution in [0, 0.1) is 24.6 Å². The van der Waals surface area contributed by atoms with Gasteiger partial charge < -0.3 is 20.1 Å². The maximum Gasteiger partial charge on any atom is 0.355 e. The Bertz CT molecular complexity index is 2090. The normalized spacial score (nSPS) is 15.7. The number of aromatic nitrogens is 3. The van der Waals surface area contributed by atoms with Gasteiger partial charge in [-0.2, -0.15) is 0 Å². The molecule has 0 radical (unpaired) electrons. The summed E-state index contributed by atoms with van der Waals surface area (Å²) in [6, 6.07) is 12.6. The van der Waals surface area contributed by atoms with Gasteiger partial charge in [0, 0.05) is 45.8 Å². The quantitative estimate of drug-likeness (QED) is 0.0306. The molecule has 270 valence electrons. The van der Waals surface area contributed by atoms with Crippen molar-refractivity contribution in [3.8, 4) is 17.6 Å². The lowest BCUT2D eigenvalue weighted by Gasteiger charge is -2.33. The third kappa shape index (κ3) is 8.80. The first-order valence-corrected chi connectivity index (χ1v) is 19.1. The molecule has 52 heavy (non-hydrogen) atoms. The fraction of sp³-hybridized carbons (Fsp3) is 0.361. The highest BCUT2D eigenvalue weighted by molar-refractivity contribution is 8.44. The van der Waals surface area contributed by atoms with Crippen molar-refractivity contribution in [3.63, 3.8) is 0 Å². The molecule has 2 aliphatic heterocycles. The first-order valence-electron chi connectivity index (χ1n) is 17.0. The zero-order chi connectivity index (χ0) is 36.5. The molecule has 0 bridgehead atoms. The van der Waals surface area contributed by atoms with Crippen LogP contribution in [0.3, 0.4) is 0 Å². The second-order valence-corrected chi connectivity index (χ2v) is 15.4. The number of unbranched alkanes of at least 4 members (excludes halogenated alkanes) is 1. The Balaban J connectivity index is 1.02. The number of thiazole rings is 1. The number of anilines is 3. The molecule has 4 aromatic rings. The lowest BCUT2D eigenvalue weighted by atomic mass is 10.0. The van der Waals surface area contributed by atoms with Crippen LogP contribution in [0.2, 0.25) is 0 Å². The van der Waals surface area contributed by atoms with Crippen molar-refractivity contribution in [1.82, 2.24) is 20.1 Å². The largest absolute Gasteiger partial charge is 0.491 e. The van der Waals surface area contributed by atoms with E-state index in [1.807, 2.05) is 43.1 Å². The van der Waals surface area contributed by atoms with Crippen LogP contribution in [0.1, 0.15) is 48.8 Å². The number of para-hydroxylation sites is 1. The van der Waals surface area contributed by atoms with Crippen LogP contribution in [-0.2, 0) is 6.42 Å². The van der Waals surface area contributed by atoms with E-state index in [2.05, 4.69) is 52.3 Å². The number of aliphatic imine (C=N–C) groups is 1. The van der Waals surface area contributed by atoms with Crippen molar-refractivity contribution in [2.45, 2.75) is 45.4 Å². The number of hydrogen-bond acceptors (Lipinski definition) is 11. The Morgan fingerprint density at radius 1 is 1.25 bits per heavy atom. The lowest BCUT2D eigenvalue weighted by molar-refractivity contribution is 0.222. The molecule has 1 unspecified atom stereocenters. The number of nitrogens with zero attached hydrogens (tertiary/aromatic N) is 9. The number of allylic oxidation sites excluding steroid dienone is 1. The van der Waals surface area contributed by atoms with Crippen LogP contribution in [-0.4, -0.2) is 75.5 Å². The van der Waals surface area contributed by atoms with Gasteiger partial charge in [-0.1, -0.05) is 51.3 Å². The van der Waals surface area contributed by atoms with Crippen molar-refractivity contribution < 1.29 is 19.0 Å². The number of carboxylic acid groups (broad SMARTS) is 1. The number of rotatable bonds is 13. The highest BCUT2D eigenvalue weighted by Gasteiger charge is 2.35. The number of nitrogens with one attached hydrogen (secondary N) is 1. The molecule has 1 atom stereocenters. The molecule has 2 aliphatic rings. The summed E-state index contributed by atoms with van der Waals surface area (Å²) < 4.78 is 21.6. The summed E-state index contributed by atoms with van der Waals surface area (Å²) in [6.45, 7) is 4.64. The molecule has 4 heterocycles. The molecule has 6 rings (SSSR count). The standard InChI is InChI=1S/C36H39FN10O3S2/c1-24-27-12-8-20-47(33(27)44-43-32(24)42-34-41-29-13-3-4-14-31(29)51-34)35-39-23-26(52(35)36(48)49)11-9-21-50-30-16-15-25(22-28(30)37)10-7-19-46(2)18-6-5-17-40-45-38/h3-4,13-16,22-23,52H,5-6,8-9,11-12,17-21H2,1-2H3,(H,48,49)(H,41,42,43). The third-order valence-electron chi connectivity index (χ3n) is 8.61. The molecule has 0 saturated carbocycles. The zero-order valence-electron chi connectivity index (χ0n) is 28.9. The smallest absolute Gasteiger partial charge is 0.355 e. The summed E-state index contributed by atoms with van der Waals surface area (Å²) >= 11 is 1.55. The molecular weight excluding hydrogens is 704 g/mol. The molecule has 0 fully saturated rings. The van der Waals surface area contributed by atoms with E-state index in [1.165, 1.54) is 6.07 Å². The number of amidine groups is 1. The maximum absolute atomic E-state index is 14.8. The van der Waals surface area contributed by atoms with Crippen molar-refractivity contribution in [3.05, 3.63) is 86.5 Å². The molecule has 0 aliphatic carbocycles. The number of hydrogen-bond donors (Lipinski definition) is 3. The first-order chi connectivity index (χ1) is 25.3. The molecule has 2 N–H and O–H groups in total. The van der Waals surface area contributed by atoms with Crippen LogP contribution in [0.4, 0.5) is 26.0 Å². The predicted molar refractivity (Wildman–Crippen MR) is 207 cm³/mol. The van der Waals surface area contributed by atoms with E-state index in [0.29, 0.717) is 54.8 Å². The van der Waals surface area contributed by atoms with Crippen molar-refractivity contribution >= 4 is 59.7 Å². The molecule has 13 nitrogen and oxygen atoms in total. The summed E-state index contributed by atoms with van der Waals surface area (Å²) in [5, 5.41) is 26.5. The lowest BCUT2D eigenvalue weighted by Crippen LogP contribution is -2.37. The highest BCUT2D eigenvalue weighted by Crippen LogP contribution is 2.47. The van der Waals surface area contributed by atoms with Crippen molar-refractivity contribution in [2.75, 3.05) is 50.1 Å². The number of azide groups is 1. The second-order valence-electron chi connectivity index (χ2n) is 12.3. The number of halogens is 1. The van der Waals surface area contributed by atoms with Crippen molar-refractivity contribution in [2.24, 2.45) is 10.1 Å². The van der Waals surface area contributed by atoms with E-state index >= 15 is 0 Å². The van der Waals surface area contributed by atoms with E-state index in [0.717, 1.165) is 63.6 Å². The average molecular weight is 743 g/mol. The van der Waals surface area contributed by atoms with Gasteiger partial charge in [-0.05, 0) is 94.9 Å². The van der Waals surface area contributed by atoms with Crippen LogP contribution >= 0.6 is 22.2 Å². The number of ether oxygens (including phenoxy) is 1. The Kier molecular flexibility index (Phi) is 12.2. The molecule has 0 saturated heterocycles. The Morgan fingerprint density at radius 2 is 2.12 bits per heavy atom. The van der Waals surface area contributed by atoms with E-state index in [-0.39, 0.29) is 12.4 Å². The maximum atomic E-state index is 14.8. The number of carbonyl (C=O) groups is 1. The number of benzene rings is 2. The monoisotopic (exact) mass is 742 g/mol. The van der Waals surface area contributed by atoms with Gasteiger partial charge in [0.05, 0.1) is 23.4 Å². The van der Waals surface area contributed by atoms with Crippen LogP contribution in [0.25, 0.3) is 20.7 Å². The number of fused-ring (bicyclic) bond motifs is 2. The molecular formula is C36H39FN10O3S2. The molecule has 2 aromatic carbocycles. The highest BCUT2D eigenvalue weighted by atomic mass is 32.2. The Labute approximate surface area is 307 Å². The van der Waals surface area contributed by atoms with Gasteiger partial charge in [0.1, 0.15) is 0 Å². The fourth-order valence-electron chi connectivity index (χ4n) is 5.97. The van der Waals surface area contributed by atoms with E-state index in [9.17, 15) is 14.3 Å². The Morgan fingerprint density at radius 3 is 2.92 bits per heavy atom. The van der Waals surface area contributed by atoms with Crippen LogP contribution in [0.15, 0.2) is 63.7 Å². The molecule has 0 amide bonds. The van der Waals surface area contributed by atoms with Gasteiger partial charge in [-0.15, -0.1) is 10.2 Å². The number of thiol groups is 1. The van der Waals surface area contributed by atoms with Gasteiger partial charge in [0.15, 0.2) is 33.5 Å². The van der Waals surface area contributed by atoms with Crippen LogP contribution < -0.4 is 15.0 Å². The average Bonchev–Trinajstić information content (AvgIpc) is 3.76. The SMILES string of the molecule is Cc1c(Nc2nc3ccccc3s2)nnc2c1CCCN2C1=NC=C(CCCOc2ccc(C#CCN(C)CCCCN=[N+]=[N-])cc2F)[SH]1C(=O)O. The molecule has 16 heteroatoms. The summed E-state index contributed by atoms with van der Waals surface area (Å²) in [6.07, 6.45) is 5.93. The minimum absolute atomic E-state index is 0.122. The van der Waals surface area contributed by atoms with Gasteiger partial charge >= 0.3 is 5.30 Å². The minimum Gasteiger partial charge on any atom is -0.491 e. The summed E-state index contributed by atoms with van der Waals surface area (Å²) in [7, 11) is 0.205. The fourth-order valence-corrected chi connectivity index (χ4v) is 8.67. The van der Waals surface area contributed by atoms with E-state index in [1.54, 1.807) is 29.7 Å². The zero-order valence-corrected chi connectivity index (χ0v) is 30.6.